The summed E-state index contributed by atoms with van der Waals surface area (Å²) in [6.07, 6.45) is 1.03. The summed E-state index contributed by atoms with van der Waals surface area (Å²) in [5, 5.41) is 0. The Morgan fingerprint density at radius 1 is 1.69 bits per heavy atom. The fourth-order valence-corrected chi connectivity index (χ4v) is 1.78. The molecule has 0 rings (SSSR count). The van der Waals surface area contributed by atoms with Crippen LogP contribution in [0.2, 0.25) is 0 Å². The summed E-state index contributed by atoms with van der Waals surface area (Å²) in [6.45, 7) is 2.65. The topological polar surface area (TPSA) is 64.3 Å². The molecule has 78 valence electrons. The second-order valence-corrected chi connectivity index (χ2v) is 3.98. The van der Waals surface area contributed by atoms with Gasteiger partial charge in [-0.25, -0.2) is 5.84 Å². The van der Waals surface area contributed by atoms with E-state index in [0.29, 0.717) is 0 Å². The van der Waals surface area contributed by atoms with E-state index in [4.69, 9.17) is 10.6 Å². The van der Waals surface area contributed by atoms with Gasteiger partial charge in [-0.15, -0.1) is 0 Å². The molecule has 4 nitrogen and oxygen atoms in total. The predicted molar refractivity (Wildman–Crippen MR) is 55.3 cm³/mol. The van der Waals surface area contributed by atoms with Crippen molar-refractivity contribution in [2.75, 3.05) is 25.2 Å². The minimum atomic E-state index is -0.0979. The van der Waals surface area contributed by atoms with Crippen molar-refractivity contribution in [2.24, 2.45) is 11.8 Å². The number of carbonyl (C=O) groups is 1. The number of amides is 1. The number of nitrogens with two attached hydrogens (primary N) is 1. The van der Waals surface area contributed by atoms with Crippen molar-refractivity contribution in [1.29, 1.82) is 0 Å². The third-order valence-corrected chi connectivity index (χ3v) is 2.91. The number of thioether (sulfide) groups is 1. The number of hydrogen-bond donors (Lipinski definition) is 2. The lowest BCUT2D eigenvalue weighted by Crippen LogP contribution is -2.35. The van der Waals surface area contributed by atoms with Crippen LogP contribution in [0.25, 0.3) is 0 Å². The zero-order chi connectivity index (χ0) is 10.1. The molecule has 5 heteroatoms. The first-order valence-corrected chi connectivity index (χ1v) is 5.45. The molecule has 13 heavy (non-hydrogen) atoms. The van der Waals surface area contributed by atoms with Crippen molar-refractivity contribution in [3.63, 3.8) is 0 Å². The molecule has 0 fully saturated rings. The van der Waals surface area contributed by atoms with Crippen LogP contribution in [-0.2, 0) is 9.53 Å². The summed E-state index contributed by atoms with van der Waals surface area (Å²) in [6, 6.07) is 0. The highest BCUT2D eigenvalue weighted by Gasteiger charge is 2.10. The zero-order valence-electron chi connectivity index (χ0n) is 8.21. The third kappa shape index (κ3) is 6.86. The number of nitrogens with one attached hydrogen (secondary N) is 1. The molecule has 0 bridgehead atoms. The number of hydrogen-bond acceptors (Lipinski definition) is 4. The molecule has 0 saturated heterocycles. The predicted octanol–water partition coefficient (Wildman–Crippen LogP) is 0.382. The largest absolute Gasteiger partial charge is 0.385 e. The molecule has 1 amide bonds. The maximum absolute atomic E-state index is 11.0. The van der Waals surface area contributed by atoms with Crippen molar-refractivity contribution in [3.05, 3.63) is 0 Å². The van der Waals surface area contributed by atoms with E-state index in [1.165, 1.54) is 0 Å². The van der Waals surface area contributed by atoms with Gasteiger partial charge in [0.25, 0.3) is 0 Å². The summed E-state index contributed by atoms with van der Waals surface area (Å²) >= 11 is 1.75. The normalized spacial score (nSPS) is 12.5. The number of ether oxygens (including phenoxy) is 1. The number of carbonyl (C=O) groups excluding carboxylic acids is 1. The smallest absolute Gasteiger partial charge is 0.237 e. The van der Waals surface area contributed by atoms with Gasteiger partial charge in [-0.2, -0.15) is 11.8 Å². The van der Waals surface area contributed by atoms with Crippen LogP contribution in [0.15, 0.2) is 0 Å². The molecule has 1 atom stereocenters. The minimum absolute atomic E-state index is 0.0162. The van der Waals surface area contributed by atoms with Crippen molar-refractivity contribution >= 4 is 17.7 Å². The molecule has 3 N–H and O–H groups in total. The quantitative estimate of drug-likeness (QED) is 0.274. The van der Waals surface area contributed by atoms with E-state index >= 15 is 0 Å². The van der Waals surface area contributed by atoms with Gasteiger partial charge in [0.2, 0.25) is 5.91 Å². The molecule has 0 radical (unpaired) electrons. The van der Waals surface area contributed by atoms with Crippen LogP contribution in [0.3, 0.4) is 0 Å². The Kier molecular flexibility index (Phi) is 8.18. The molecular formula is C8H18N2O2S. The van der Waals surface area contributed by atoms with Gasteiger partial charge in [-0.3, -0.25) is 10.2 Å². The van der Waals surface area contributed by atoms with Gasteiger partial charge >= 0.3 is 0 Å². The molecule has 0 aliphatic rings. The number of hydrazine groups is 1. The minimum Gasteiger partial charge on any atom is -0.385 e. The molecular weight excluding hydrogens is 188 g/mol. The van der Waals surface area contributed by atoms with E-state index in [9.17, 15) is 4.79 Å². The standard InChI is InChI=1S/C8H18N2O2S/c1-7(8(11)10-9)6-13-5-3-4-12-2/h7H,3-6,9H2,1-2H3,(H,10,11). The van der Waals surface area contributed by atoms with Gasteiger partial charge < -0.3 is 4.74 Å². The molecule has 0 aliphatic heterocycles. The molecule has 0 aliphatic carbocycles. The Labute approximate surface area is 83.6 Å². The van der Waals surface area contributed by atoms with E-state index in [2.05, 4.69) is 5.43 Å². The number of methoxy groups -OCH3 is 1. The Balaban J connectivity index is 3.26. The Morgan fingerprint density at radius 3 is 2.92 bits per heavy atom. The van der Waals surface area contributed by atoms with E-state index in [1.807, 2.05) is 6.92 Å². The van der Waals surface area contributed by atoms with Crippen molar-refractivity contribution < 1.29 is 9.53 Å². The van der Waals surface area contributed by atoms with Crippen LogP contribution in [0.4, 0.5) is 0 Å². The lowest BCUT2D eigenvalue weighted by Gasteiger charge is -2.08. The fraction of sp³-hybridized carbons (Fsp3) is 0.875. The van der Waals surface area contributed by atoms with E-state index in [0.717, 1.165) is 24.5 Å². The van der Waals surface area contributed by atoms with Crippen molar-refractivity contribution in [1.82, 2.24) is 5.43 Å². The first-order valence-electron chi connectivity index (χ1n) is 4.29. The van der Waals surface area contributed by atoms with Crippen LogP contribution in [0.5, 0.6) is 0 Å². The summed E-state index contributed by atoms with van der Waals surface area (Å²) in [7, 11) is 1.69. The van der Waals surface area contributed by atoms with Crippen molar-refractivity contribution in [2.45, 2.75) is 13.3 Å². The van der Waals surface area contributed by atoms with Crippen molar-refractivity contribution in [3.8, 4) is 0 Å². The van der Waals surface area contributed by atoms with Crippen LogP contribution in [0, 0.1) is 5.92 Å². The maximum Gasteiger partial charge on any atom is 0.237 e. The summed E-state index contributed by atoms with van der Waals surface area (Å²) in [5.74, 6) is 6.72. The molecule has 1 unspecified atom stereocenters. The van der Waals surface area contributed by atoms with Gasteiger partial charge in [0.1, 0.15) is 0 Å². The van der Waals surface area contributed by atoms with Gasteiger partial charge in [0, 0.05) is 25.4 Å². The lowest BCUT2D eigenvalue weighted by atomic mass is 10.2. The summed E-state index contributed by atoms with van der Waals surface area (Å²) in [5.41, 5.74) is 2.14. The van der Waals surface area contributed by atoms with Gasteiger partial charge in [0.15, 0.2) is 0 Å². The van der Waals surface area contributed by atoms with E-state index in [1.54, 1.807) is 18.9 Å². The summed E-state index contributed by atoms with van der Waals surface area (Å²) in [4.78, 5) is 11.0. The highest BCUT2D eigenvalue weighted by Crippen LogP contribution is 2.09. The summed E-state index contributed by atoms with van der Waals surface area (Å²) < 4.78 is 4.90. The fourth-order valence-electron chi connectivity index (χ4n) is 0.783. The maximum atomic E-state index is 11.0. The average molecular weight is 206 g/mol. The lowest BCUT2D eigenvalue weighted by molar-refractivity contribution is -0.123. The molecule has 0 heterocycles. The Hall–Kier alpha value is -0.260. The van der Waals surface area contributed by atoms with Gasteiger partial charge in [-0.1, -0.05) is 6.92 Å². The number of rotatable bonds is 7. The highest BCUT2D eigenvalue weighted by molar-refractivity contribution is 7.99. The zero-order valence-corrected chi connectivity index (χ0v) is 9.02. The second-order valence-electron chi connectivity index (χ2n) is 2.83. The molecule has 0 aromatic carbocycles. The Bertz CT molecular complexity index is 144. The first-order chi connectivity index (χ1) is 6.22. The monoisotopic (exact) mass is 206 g/mol. The second kappa shape index (κ2) is 8.34. The van der Waals surface area contributed by atoms with E-state index in [-0.39, 0.29) is 11.8 Å². The molecule has 0 aromatic rings. The first kappa shape index (κ1) is 12.7. The van der Waals surface area contributed by atoms with Crippen LogP contribution in [-0.4, -0.2) is 31.1 Å². The van der Waals surface area contributed by atoms with E-state index < -0.39 is 0 Å². The highest BCUT2D eigenvalue weighted by atomic mass is 32.2. The Morgan fingerprint density at radius 2 is 2.38 bits per heavy atom. The SMILES string of the molecule is COCCCSCC(C)C(=O)NN. The van der Waals surface area contributed by atoms with Crippen LogP contribution < -0.4 is 11.3 Å². The van der Waals surface area contributed by atoms with Gasteiger partial charge in [0.05, 0.1) is 0 Å². The molecule has 0 spiro atoms. The van der Waals surface area contributed by atoms with Crippen LogP contribution in [0.1, 0.15) is 13.3 Å². The third-order valence-electron chi connectivity index (χ3n) is 1.59. The molecule has 0 saturated carbocycles. The molecule has 0 aromatic heterocycles. The average Bonchev–Trinajstić information content (AvgIpc) is 2.16. The van der Waals surface area contributed by atoms with Gasteiger partial charge in [-0.05, 0) is 12.2 Å². The van der Waals surface area contributed by atoms with Crippen LogP contribution >= 0.6 is 11.8 Å².